The molecule has 0 aromatic rings. The molecule has 0 aliphatic carbocycles. The first-order valence-corrected chi connectivity index (χ1v) is 11.3. The summed E-state index contributed by atoms with van der Waals surface area (Å²) in [7, 11) is 0. The molecule has 0 unspecified atom stereocenters. The topological polar surface area (TPSA) is 319 Å². The molecule has 13 N–H and O–H groups in total. The van der Waals surface area contributed by atoms with Gasteiger partial charge in [-0.25, -0.2) is 4.79 Å². The summed E-state index contributed by atoms with van der Waals surface area (Å²) in [5.74, 6) is -8.02. The van der Waals surface area contributed by atoms with Gasteiger partial charge < -0.3 is 53.8 Å². The van der Waals surface area contributed by atoms with E-state index in [9.17, 15) is 33.6 Å². The maximum Gasteiger partial charge on any atom is 0.326 e. The summed E-state index contributed by atoms with van der Waals surface area (Å²) in [6, 6.07) is -5.35. The Balaban J connectivity index is 5.01. The molecule has 0 aromatic carbocycles. The van der Waals surface area contributed by atoms with Crippen LogP contribution in [0.4, 0.5) is 0 Å². The molecule has 0 spiro atoms. The molecule has 0 aliphatic heterocycles. The average Bonchev–Trinajstić information content (AvgIpc) is 2.81. The fraction of sp³-hybridized carbons (Fsp3) is 0.600. The van der Waals surface area contributed by atoms with E-state index in [2.05, 4.69) is 20.9 Å². The summed E-state index contributed by atoms with van der Waals surface area (Å²) >= 11 is 0. The van der Waals surface area contributed by atoms with Gasteiger partial charge in [0.15, 0.2) is 5.96 Å². The zero-order valence-electron chi connectivity index (χ0n) is 20.6. The fourth-order valence-corrected chi connectivity index (χ4v) is 2.78. The lowest BCUT2D eigenvalue weighted by molar-refractivity contribution is -0.147. The third-order valence-corrected chi connectivity index (χ3v) is 4.77. The molecule has 214 valence electrons. The Labute approximate surface area is 216 Å². The van der Waals surface area contributed by atoms with Crippen LogP contribution in [-0.4, -0.2) is 100 Å². The molecule has 0 radical (unpaired) electrons. The highest BCUT2D eigenvalue weighted by Crippen LogP contribution is 2.01. The van der Waals surface area contributed by atoms with Crippen LogP contribution in [0.3, 0.4) is 0 Å². The summed E-state index contributed by atoms with van der Waals surface area (Å²) in [6.45, 7) is 0.754. The van der Waals surface area contributed by atoms with Gasteiger partial charge in [0.05, 0.1) is 19.0 Å². The van der Waals surface area contributed by atoms with Gasteiger partial charge in [-0.15, -0.1) is 0 Å². The molecule has 0 saturated carbocycles. The first-order valence-electron chi connectivity index (χ1n) is 11.3. The average molecular weight is 547 g/mol. The third-order valence-electron chi connectivity index (χ3n) is 4.77. The Bertz CT molecular complexity index is 921. The highest BCUT2D eigenvalue weighted by Gasteiger charge is 2.27. The number of carboxylic acid groups (broad SMARTS) is 3. The molecule has 0 aromatic heterocycles. The van der Waals surface area contributed by atoms with Crippen LogP contribution in [0.25, 0.3) is 0 Å². The second kappa shape index (κ2) is 17.1. The van der Waals surface area contributed by atoms with E-state index in [1.54, 1.807) is 0 Å². The number of nitrogens with two attached hydrogens (primary N) is 3. The molecule has 4 amide bonds. The van der Waals surface area contributed by atoms with Crippen LogP contribution in [0.2, 0.25) is 0 Å². The normalized spacial score (nSPS) is 13.5. The second-order valence-electron chi connectivity index (χ2n) is 8.05. The van der Waals surface area contributed by atoms with E-state index in [4.69, 9.17) is 32.5 Å². The van der Waals surface area contributed by atoms with Crippen molar-refractivity contribution in [2.24, 2.45) is 22.2 Å². The monoisotopic (exact) mass is 546 g/mol. The van der Waals surface area contributed by atoms with E-state index in [1.165, 1.54) is 6.92 Å². The van der Waals surface area contributed by atoms with E-state index >= 15 is 0 Å². The van der Waals surface area contributed by atoms with Gasteiger partial charge in [-0.3, -0.25) is 33.8 Å². The second-order valence-corrected chi connectivity index (χ2v) is 8.05. The van der Waals surface area contributed by atoms with Crippen molar-refractivity contribution in [3.05, 3.63) is 0 Å². The minimum Gasteiger partial charge on any atom is -0.481 e. The quantitative estimate of drug-likeness (QED) is 0.0440. The Hall–Kier alpha value is -4.48. The molecule has 0 rings (SSSR count). The predicted octanol–water partition coefficient (Wildman–Crippen LogP) is -4.62. The molecule has 0 fully saturated rings. The number of guanidine groups is 1. The van der Waals surface area contributed by atoms with Crippen molar-refractivity contribution in [3.8, 4) is 0 Å². The standard InChI is InChI=1S/C20H34N8O10/c1-9(26-17(35)10(21)3-2-6-24-20(22)23)16(34)28-11(4-5-14(30)31)18(36)25-8-13(29)27-12(19(37)38)7-15(32)33/h9-12H,2-8,21H2,1H3,(H,25,36)(H,26,35)(H,27,29)(H,28,34)(H,30,31)(H,32,33)(H,37,38)(H4,22,23,24)/t9-,10-,11-,12-/m0/s1. The molecular weight excluding hydrogens is 512 g/mol. The Morgan fingerprint density at radius 3 is 1.97 bits per heavy atom. The number of hydrogen-bond acceptors (Lipinski definition) is 9. The van der Waals surface area contributed by atoms with Crippen LogP contribution in [0.1, 0.15) is 39.0 Å². The lowest BCUT2D eigenvalue weighted by Crippen LogP contribution is -2.55. The summed E-state index contributed by atoms with van der Waals surface area (Å²) in [5.41, 5.74) is 16.2. The number of hydrogen-bond donors (Lipinski definition) is 10. The molecule has 18 nitrogen and oxygen atoms in total. The van der Waals surface area contributed by atoms with Gasteiger partial charge in [-0.2, -0.15) is 0 Å². The maximum atomic E-state index is 12.5. The van der Waals surface area contributed by atoms with Crippen LogP contribution < -0.4 is 38.5 Å². The van der Waals surface area contributed by atoms with Crippen LogP contribution >= 0.6 is 0 Å². The summed E-state index contributed by atoms with van der Waals surface area (Å²) in [4.78, 5) is 85.6. The fourth-order valence-electron chi connectivity index (χ4n) is 2.78. The molecule has 0 aliphatic rings. The molecule has 0 saturated heterocycles. The first kappa shape index (κ1) is 33.5. The van der Waals surface area contributed by atoms with E-state index in [0.717, 1.165) is 0 Å². The van der Waals surface area contributed by atoms with Crippen molar-refractivity contribution in [1.29, 1.82) is 0 Å². The number of carbonyl (C=O) groups is 7. The number of amides is 4. The van der Waals surface area contributed by atoms with E-state index in [1.807, 2.05) is 5.32 Å². The maximum absolute atomic E-state index is 12.5. The smallest absolute Gasteiger partial charge is 0.326 e. The largest absolute Gasteiger partial charge is 0.481 e. The van der Waals surface area contributed by atoms with E-state index in [-0.39, 0.29) is 25.3 Å². The number of nitrogens with zero attached hydrogens (tertiary/aromatic N) is 1. The van der Waals surface area contributed by atoms with Crippen molar-refractivity contribution in [3.63, 3.8) is 0 Å². The molecular formula is C20H34N8O10. The van der Waals surface area contributed by atoms with Crippen LogP contribution in [0.15, 0.2) is 4.99 Å². The number of nitrogens with one attached hydrogen (secondary N) is 4. The summed E-state index contributed by atoms with van der Waals surface area (Å²) in [6.07, 6.45) is -1.22. The van der Waals surface area contributed by atoms with Gasteiger partial charge in [0.2, 0.25) is 23.6 Å². The van der Waals surface area contributed by atoms with Crippen molar-refractivity contribution < 1.29 is 48.9 Å². The van der Waals surface area contributed by atoms with Crippen LogP contribution in [0.5, 0.6) is 0 Å². The van der Waals surface area contributed by atoms with Gasteiger partial charge in [0.25, 0.3) is 0 Å². The number of carboxylic acids is 3. The molecule has 18 heteroatoms. The molecule has 4 atom stereocenters. The Morgan fingerprint density at radius 2 is 1.45 bits per heavy atom. The van der Waals surface area contributed by atoms with E-state index < -0.39 is 85.1 Å². The third kappa shape index (κ3) is 14.8. The zero-order valence-corrected chi connectivity index (χ0v) is 20.6. The minimum absolute atomic E-state index is 0.113. The van der Waals surface area contributed by atoms with Crippen LogP contribution in [-0.2, 0) is 33.6 Å². The molecule has 0 heterocycles. The number of aliphatic imine (C=N–C) groups is 1. The predicted molar refractivity (Wildman–Crippen MR) is 129 cm³/mol. The van der Waals surface area contributed by atoms with E-state index in [0.29, 0.717) is 6.42 Å². The molecule has 0 bridgehead atoms. The van der Waals surface area contributed by atoms with Crippen molar-refractivity contribution in [2.45, 2.75) is 63.2 Å². The van der Waals surface area contributed by atoms with Gasteiger partial charge in [-0.1, -0.05) is 0 Å². The van der Waals surface area contributed by atoms with Crippen molar-refractivity contribution in [2.75, 3.05) is 13.1 Å². The molecule has 38 heavy (non-hydrogen) atoms. The van der Waals surface area contributed by atoms with Gasteiger partial charge in [0.1, 0.15) is 18.1 Å². The van der Waals surface area contributed by atoms with Gasteiger partial charge in [-0.05, 0) is 26.2 Å². The van der Waals surface area contributed by atoms with Crippen molar-refractivity contribution >= 4 is 47.5 Å². The SMILES string of the molecule is C[C@H](NC(=O)[C@@H](N)CCCN=C(N)N)C(=O)N[C@@H](CCC(=O)O)C(=O)NCC(=O)N[C@@H](CC(=O)O)C(=O)O. The van der Waals surface area contributed by atoms with Gasteiger partial charge in [0, 0.05) is 13.0 Å². The number of rotatable bonds is 18. The Morgan fingerprint density at radius 1 is 0.816 bits per heavy atom. The number of aliphatic carboxylic acids is 3. The zero-order chi connectivity index (χ0) is 29.4. The summed E-state index contributed by atoms with van der Waals surface area (Å²) in [5, 5.41) is 35.2. The highest BCUT2D eigenvalue weighted by molar-refractivity contribution is 5.94. The highest BCUT2D eigenvalue weighted by atomic mass is 16.4. The minimum atomic E-state index is -1.75. The Kier molecular flexibility index (Phi) is 15.0. The van der Waals surface area contributed by atoms with Crippen LogP contribution in [0, 0.1) is 0 Å². The number of carbonyl (C=O) groups excluding carboxylic acids is 4. The van der Waals surface area contributed by atoms with Crippen molar-refractivity contribution in [1.82, 2.24) is 21.3 Å². The lowest BCUT2D eigenvalue weighted by atomic mass is 10.1. The lowest BCUT2D eigenvalue weighted by Gasteiger charge is -2.22. The van der Waals surface area contributed by atoms with Gasteiger partial charge >= 0.3 is 17.9 Å². The first-order chi connectivity index (χ1) is 17.6. The summed E-state index contributed by atoms with van der Waals surface area (Å²) < 4.78 is 0.